The average Bonchev–Trinajstić information content (AvgIpc) is 3.29. The number of carbonyl (C=O) groups excluding carboxylic acids is 2. The topological polar surface area (TPSA) is 62.3 Å². The molecule has 0 saturated heterocycles. The number of rotatable bonds is 4. The van der Waals surface area contributed by atoms with Crippen molar-refractivity contribution in [1.82, 2.24) is 10.3 Å². The van der Waals surface area contributed by atoms with Crippen molar-refractivity contribution in [3.63, 3.8) is 0 Å². The lowest BCUT2D eigenvalue weighted by Crippen LogP contribution is -2.47. The van der Waals surface area contributed by atoms with E-state index in [0.717, 1.165) is 48.5 Å². The van der Waals surface area contributed by atoms with Gasteiger partial charge in [-0.25, -0.2) is 4.98 Å². The van der Waals surface area contributed by atoms with Crippen molar-refractivity contribution in [2.45, 2.75) is 65.0 Å². The highest BCUT2D eigenvalue weighted by atomic mass is 32.1. The van der Waals surface area contributed by atoms with Gasteiger partial charge in [-0.2, -0.15) is 0 Å². The highest BCUT2D eigenvalue weighted by Gasteiger charge is 2.41. The van der Waals surface area contributed by atoms with Crippen LogP contribution in [0.5, 0.6) is 0 Å². The predicted octanol–water partition coefficient (Wildman–Crippen LogP) is 4.41. The number of aryl methyl sites for hydroxylation is 1. The van der Waals surface area contributed by atoms with Crippen LogP contribution < -0.4 is 10.2 Å². The minimum absolute atomic E-state index is 0.0106. The standard InChI is InChI=1S/C23H29N3O2S/c1-14-13-29-22(24-14)16(3)25-21(27)18-9-5-6-10-19(18)23(28)26-15(2)12-17-8-4-7-11-20(17)26/h4,7-8,11,13,15-16,18-19H,5-6,9-10,12H2,1-3H3,(H,25,27)/t15-,16-,18+,19+/m0/s1. The molecule has 1 saturated carbocycles. The Hall–Kier alpha value is -2.21. The Morgan fingerprint density at radius 1 is 1.21 bits per heavy atom. The van der Waals surface area contributed by atoms with Crippen LogP contribution in [0, 0.1) is 18.8 Å². The largest absolute Gasteiger partial charge is 0.347 e. The van der Waals surface area contributed by atoms with E-state index in [0.29, 0.717) is 0 Å². The van der Waals surface area contributed by atoms with Gasteiger partial charge in [-0.15, -0.1) is 11.3 Å². The number of para-hydroxylation sites is 1. The molecule has 1 aromatic heterocycles. The summed E-state index contributed by atoms with van der Waals surface area (Å²) in [4.78, 5) is 33.2. The maximum atomic E-state index is 13.6. The van der Waals surface area contributed by atoms with Crippen LogP contribution in [0.2, 0.25) is 0 Å². The monoisotopic (exact) mass is 411 g/mol. The van der Waals surface area contributed by atoms with Crippen LogP contribution in [0.3, 0.4) is 0 Å². The summed E-state index contributed by atoms with van der Waals surface area (Å²) in [6, 6.07) is 8.15. The van der Waals surface area contributed by atoms with Gasteiger partial charge in [0.1, 0.15) is 5.01 Å². The molecule has 0 bridgehead atoms. The van der Waals surface area contributed by atoms with E-state index in [2.05, 4.69) is 23.3 Å². The van der Waals surface area contributed by atoms with Crippen LogP contribution in [-0.4, -0.2) is 22.8 Å². The highest BCUT2D eigenvalue weighted by molar-refractivity contribution is 7.09. The molecule has 2 heterocycles. The third kappa shape index (κ3) is 3.95. The Morgan fingerprint density at radius 2 is 1.93 bits per heavy atom. The molecule has 1 N–H and O–H groups in total. The lowest BCUT2D eigenvalue weighted by molar-refractivity contribution is -0.135. The van der Waals surface area contributed by atoms with E-state index in [-0.39, 0.29) is 35.7 Å². The van der Waals surface area contributed by atoms with Gasteiger partial charge < -0.3 is 10.2 Å². The lowest BCUT2D eigenvalue weighted by atomic mass is 9.77. The van der Waals surface area contributed by atoms with Crippen LogP contribution in [0.15, 0.2) is 29.6 Å². The van der Waals surface area contributed by atoms with E-state index in [9.17, 15) is 9.59 Å². The van der Waals surface area contributed by atoms with E-state index >= 15 is 0 Å². The molecular formula is C23H29N3O2S. The fraction of sp³-hybridized carbons (Fsp3) is 0.522. The molecule has 0 radical (unpaired) electrons. The van der Waals surface area contributed by atoms with Crippen LogP contribution in [-0.2, 0) is 16.0 Å². The summed E-state index contributed by atoms with van der Waals surface area (Å²) < 4.78 is 0. The molecule has 29 heavy (non-hydrogen) atoms. The van der Waals surface area contributed by atoms with E-state index in [1.165, 1.54) is 5.56 Å². The zero-order valence-corrected chi connectivity index (χ0v) is 18.2. The van der Waals surface area contributed by atoms with Gasteiger partial charge in [0.25, 0.3) is 0 Å². The minimum atomic E-state index is -0.264. The van der Waals surface area contributed by atoms with E-state index in [4.69, 9.17) is 0 Å². The molecule has 4 rings (SSSR count). The van der Waals surface area contributed by atoms with Gasteiger partial charge in [0, 0.05) is 28.7 Å². The zero-order valence-electron chi connectivity index (χ0n) is 17.4. The number of nitrogens with zero attached hydrogens (tertiary/aromatic N) is 2. The number of benzene rings is 1. The fourth-order valence-corrected chi connectivity index (χ4v) is 5.58. The summed E-state index contributed by atoms with van der Waals surface area (Å²) in [6.07, 6.45) is 4.44. The molecule has 1 aliphatic carbocycles. The summed E-state index contributed by atoms with van der Waals surface area (Å²) in [7, 11) is 0. The summed E-state index contributed by atoms with van der Waals surface area (Å²) in [6.45, 7) is 6.02. The summed E-state index contributed by atoms with van der Waals surface area (Å²) in [5.41, 5.74) is 3.21. The number of hydrogen-bond donors (Lipinski definition) is 1. The second-order valence-electron chi connectivity index (χ2n) is 8.44. The Balaban J connectivity index is 1.51. The van der Waals surface area contributed by atoms with Crippen LogP contribution in [0.1, 0.15) is 61.8 Å². The van der Waals surface area contributed by atoms with Gasteiger partial charge in [0.2, 0.25) is 11.8 Å². The third-order valence-corrected chi connectivity index (χ3v) is 7.38. The predicted molar refractivity (Wildman–Crippen MR) is 116 cm³/mol. The second kappa shape index (κ2) is 8.27. The molecule has 5 nitrogen and oxygen atoms in total. The molecule has 6 heteroatoms. The van der Waals surface area contributed by atoms with Crippen molar-refractivity contribution in [1.29, 1.82) is 0 Å². The Labute approximate surface area is 176 Å². The summed E-state index contributed by atoms with van der Waals surface area (Å²) >= 11 is 1.57. The molecule has 0 spiro atoms. The van der Waals surface area contributed by atoms with Crippen LogP contribution in [0.4, 0.5) is 5.69 Å². The number of thiazole rings is 1. The second-order valence-corrected chi connectivity index (χ2v) is 9.33. The quantitative estimate of drug-likeness (QED) is 0.810. The van der Waals surface area contributed by atoms with Crippen molar-refractivity contribution in [3.8, 4) is 0 Å². The number of fused-ring (bicyclic) bond motifs is 1. The molecule has 1 fully saturated rings. The first-order valence-electron chi connectivity index (χ1n) is 10.6. The Kier molecular flexibility index (Phi) is 5.72. The lowest BCUT2D eigenvalue weighted by Gasteiger charge is -2.34. The summed E-state index contributed by atoms with van der Waals surface area (Å²) in [5, 5.41) is 6.03. The number of anilines is 1. The molecule has 2 amide bonds. The first-order chi connectivity index (χ1) is 14.0. The third-order valence-electron chi connectivity index (χ3n) is 6.23. The van der Waals surface area contributed by atoms with Crippen LogP contribution in [0.25, 0.3) is 0 Å². The van der Waals surface area contributed by atoms with Crippen molar-refractivity contribution in [2.24, 2.45) is 11.8 Å². The maximum absolute atomic E-state index is 13.6. The average molecular weight is 412 g/mol. The van der Waals surface area contributed by atoms with Gasteiger partial charge in [-0.3, -0.25) is 9.59 Å². The molecular weight excluding hydrogens is 382 g/mol. The van der Waals surface area contributed by atoms with Gasteiger partial charge >= 0.3 is 0 Å². The number of aromatic nitrogens is 1. The molecule has 2 aromatic rings. The van der Waals surface area contributed by atoms with Crippen molar-refractivity contribution < 1.29 is 9.59 Å². The molecule has 2 aliphatic rings. The van der Waals surface area contributed by atoms with Crippen LogP contribution >= 0.6 is 11.3 Å². The molecule has 1 aromatic carbocycles. The van der Waals surface area contributed by atoms with Crippen molar-refractivity contribution in [3.05, 3.63) is 45.9 Å². The highest BCUT2D eigenvalue weighted by Crippen LogP contribution is 2.38. The SMILES string of the molecule is Cc1csc([C@H](C)NC(=O)[C@@H]2CCCC[C@H]2C(=O)N2c3ccccc3C[C@@H]2C)n1. The first-order valence-corrected chi connectivity index (χ1v) is 11.5. The van der Waals surface area contributed by atoms with E-state index in [1.807, 2.05) is 42.3 Å². The van der Waals surface area contributed by atoms with Gasteiger partial charge in [-0.05, 0) is 51.7 Å². The smallest absolute Gasteiger partial charge is 0.231 e. The summed E-state index contributed by atoms with van der Waals surface area (Å²) in [5.74, 6) is -0.411. The van der Waals surface area contributed by atoms with Gasteiger partial charge in [0.15, 0.2) is 0 Å². The number of amides is 2. The molecule has 1 aliphatic heterocycles. The number of carbonyl (C=O) groups is 2. The van der Waals surface area contributed by atoms with Crippen molar-refractivity contribution in [2.75, 3.05) is 4.90 Å². The fourth-order valence-electron chi connectivity index (χ4n) is 4.77. The zero-order chi connectivity index (χ0) is 20.5. The molecule has 0 unspecified atom stereocenters. The van der Waals surface area contributed by atoms with Gasteiger partial charge in [-0.1, -0.05) is 31.0 Å². The Bertz CT molecular complexity index is 909. The number of hydrogen-bond acceptors (Lipinski definition) is 4. The molecule has 154 valence electrons. The van der Waals surface area contributed by atoms with Gasteiger partial charge in [0.05, 0.1) is 12.0 Å². The molecule has 4 atom stereocenters. The minimum Gasteiger partial charge on any atom is -0.347 e. The van der Waals surface area contributed by atoms with E-state index < -0.39 is 0 Å². The Morgan fingerprint density at radius 3 is 2.66 bits per heavy atom. The van der Waals surface area contributed by atoms with E-state index in [1.54, 1.807) is 11.3 Å². The first kappa shape index (κ1) is 20.1. The number of nitrogens with one attached hydrogen (secondary N) is 1. The van der Waals surface area contributed by atoms with Crippen molar-refractivity contribution >= 4 is 28.8 Å². The normalized spacial score (nSPS) is 24.8. The maximum Gasteiger partial charge on any atom is 0.231 e.